The first-order valence-electron chi connectivity index (χ1n) is 6.83. The Kier molecular flexibility index (Phi) is 6.20. The van der Waals surface area contributed by atoms with Crippen molar-refractivity contribution in [3.63, 3.8) is 0 Å². The van der Waals surface area contributed by atoms with Crippen LogP contribution in [0.1, 0.15) is 20.0 Å². The number of hydrogen-bond donors (Lipinski definition) is 1. The van der Waals surface area contributed by atoms with E-state index in [-0.39, 0.29) is 11.3 Å². The Labute approximate surface area is 150 Å². The fourth-order valence-electron chi connectivity index (χ4n) is 1.75. The van der Waals surface area contributed by atoms with Crippen LogP contribution in [0.25, 0.3) is 0 Å². The molecule has 130 valence electrons. The lowest BCUT2D eigenvalue weighted by atomic mass is 10.2. The van der Waals surface area contributed by atoms with E-state index in [1.54, 1.807) is 6.07 Å². The number of halogens is 1. The normalized spacial score (nSPS) is 10.1. The summed E-state index contributed by atoms with van der Waals surface area (Å²) in [6, 6.07) is 8.14. The van der Waals surface area contributed by atoms with Crippen molar-refractivity contribution < 1.29 is 24.0 Å². The molecule has 0 aliphatic rings. The van der Waals surface area contributed by atoms with Crippen LogP contribution in [0, 0.1) is 10.1 Å². The summed E-state index contributed by atoms with van der Waals surface area (Å²) in [7, 11) is 0. The highest BCUT2D eigenvalue weighted by molar-refractivity contribution is 7.18. The largest absolute Gasteiger partial charge is 0.456 e. The van der Waals surface area contributed by atoms with Crippen LogP contribution in [-0.2, 0) is 9.53 Å². The second kappa shape index (κ2) is 8.36. The maximum atomic E-state index is 11.9. The minimum atomic E-state index is -0.810. The van der Waals surface area contributed by atoms with E-state index in [1.165, 1.54) is 24.3 Å². The number of nitro groups is 1. The topological polar surface area (TPSA) is 116 Å². The van der Waals surface area contributed by atoms with Crippen LogP contribution in [-0.4, -0.2) is 35.7 Å². The molecule has 2 rings (SSSR count). The highest BCUT2D eigenvalue weighted by Gasteiger charge is 2.15. The second-order valence-electron chi connectivity index (χ2n) is 4.68. The summed E-state index contributed by atoms with van der Waals surface area (Å²) >= 11 is 6.78. The molecule has 2 aromatic rings. The molecule has 0 saturated heterocycles. The highest BCUT2D eigenvalue weighted by atomic mass is 35.5. The van der Waals surface area contributed by atoms with Gasteiger partial charge in [0.2, 0.25) is 5.78 Å². The fourth-order valence-corrected chi connectivity index (χ4v) is 2.71. The number of ketones is 1. The van der Waals surface area contributed by atoms with Crippen molar-refractivity contribution in [1.29, 1.82) is 0 Å². The van der Waals surface area contributed by atoms with E-state index in [9.17, 15) is 24.5 Å². The highest BCUT2D eigenvalue weighted by Crippen LogP contribution is 2.21. The zero-order chi connectivity index (χ0) is 18.4. The number of hydrogen-bond acceptors (Lipinski definition) is 7. The van der Waals surface area contributed by atoms with Gasteiger partial charge < -0.3 is 10.1 Å². The maximum absolute atomic E-state index is 11.9. The van der Waals surface area contributed by atoms with Crippen LogP contribution >= 0.6 is 22.9 Å². The predicted molar refractivity (Wildman–Crippen MR) is 90.0 cm³/mol. The number of benzene rings is 1. The van der Waals surface area contributed by atoms with Crippen LogP contribution in [0.3, 0.4) is 0 Å². The van der Waals surface area contributed by atoms with Gasteiger partial charge in [-0.2, -0.15) is 0 Å². The summed E-state index contributed by atoms with van der Waals surface area (Å²) in [5, 5.41) is 12.9. The summed E-state index contributed by atoms with van der Waals surface area (Å²) in [5.74, 6) is -1.89. The Morgan fingerprint density at radius 2 is 2.00 bits per heavy atom. The molecule has 0 saturated carbocycles. The molecule has 1 N–H and O–H groups in total. The van der Waals surface area contributed by atoms with Crippen molar-refractivity contribution in [3.05, 3.63) is 61.3 Å². The molecule has 25 heavy (non-hydrogen) atoms. The number of non-ortho nitro benzene ring substituents is 1. The number of nitro benzene ring substituents is 1. The number of esters is 1. The molecule has 1 amide bonds. The van der Waals surface area contributed by atoms with Crippen LogP contribution in [0.2, 0.25) is 4.34 Å². The van der Waals surface area contributed by atoms with Crippen molar-refractivity contribution in [2.24, 2.45) is 0 Å². The number of rotatable bonds is 7. The molecule has 1 aromatic carbocycles. The predicted octanol–water partition coefficient (Wildman–Crippen LogP) is 2.47. The van der Waals surface area contributed by atoms with E-state index in [1.807, 2.05) is 0 Å². The van der Waals surface area contributed by atoms with Gasteiger partial charge in [-0.05, 0) is 18.2 Å². The van der Waals surface area contributed by atoms with Gasteiger partial charge in [0.05, 0.1) is 14.1 Å². The molecule has 1 heterocycles. The molecule has 1 aromatic heterocycles. The van der Waals surface area contributed by atoms with Crippen molar-refractivity contribution in [2.75, 3.05) is 13.2 Å². The van der Waals surface area contributed by atoms with Crippen LogP contribution < -0.4 is 5.32 Å². The third-order valence-corrected chi connectivity index (χ3v) is 4.20. The third-order valence-electron chi connectivity index (χ3n) is 2.92. The van der Waals surface area contributed by atoms with Gasteiger partial charge in [-0.3, -0.25) is 24.5 Å². The summed E-state index contributed by atoms with van der Waals surface area (Å²) < 4.78 is 5.21. The lowest BCUT2D eigenvalue weighted by molar-refractivity contribution is -0.384. The van der Waals surface area contributed by atoms with Gasteiger partial charge in [0, 0.05) is 17.7 Å². The van der Waals surface area contributed by atoms with E-state index < -0.39 is 35.7 Å². The van der Waals surface area contributed by atoms with E-state index in [0.29, 0.717) is 9.21 Å². The average molecular weight is 383 g/mol. The van der Waals surface area contributed by atoms with Gasteiger partial charge in [-0.1, -0.05) is 17.7 Å². The number of carbonyl (C=O) groups excluding carboxylic acids is 3. The SMILES string of the molecule is O=C(CNC(=O)c1cccc([N+](=O)[O-])c1)OCC(=O)c1ccc(Cl)s1. The van der Waals surface area contributed by atoms with Crippen molar-refractivity contribution in [3.8, 4) is 0 Å². The number of Topliss-reactive ketones (excluding diaryl/α,β-unsaturated/α-hetero) is 1. The molecule has 0 bridgehead atoms. The lowest BCUT2D eigenvalue weighted by Gasteiger charge is -2.06. The maximum Gasteiger partial charge on any atom is 0.325 e. The summed E-state index contributed by atoms with van der Waals surface area (Å²) in [6.07, 6.45) is 0. The lowest BCUT2D eigenvalue weighted by Crippen LogP contribution is -2.31. The summed E-state index contributed by atoms with van der Waals surface area (Å²) in [5.41, 5.74) is -0.207. The van der Waals surface area contributed by atoms with Crippen LogP contribution in [0.4, 0.5) is 5.69 Å². The van der Waals surface area contributed by atoms with Crippen molar-refractivity contribution in [2.45, 2.75) is 0 Å². The van der Waals surface area contributed by atoms with Gasteiger partial charge in [-0.25, -0.2) is 0 Å². The number of nitrogens with one attached hydrogen (secondary N) is 1. The zero-order valence-electron chi connectivity index (χ0n) is 12.6. The number of thiophene rings is 1. The van der Waals surface area contributed by atoms with E-state index in [4.69, 9.17) is 16.3 Å². The third kappa shape index (κ3) is 5.37. The van der Waals surface area contributed by atoms with Crippen molar-refractivity contribution >= 4 is 46.3 Å². The minimum absolute atomic E-state index is 0.0336. The van der Waals surface area contributed by atoms with Crippen LogP contribution in [0.15, 0.2) is 36.4 Å². The number of carbonyl (C=O) groups is 3. The Morgan fingerprint density at radius 3 is 2.64 bits per heavy atom. The molecule has 0 atom stereocenters. The first kappa shape index (κ1) is 18.6. The molecule has 0 aliphatic heterocycles. The molecule has 10 heteroatoms. The Bertz CT molecular complexity index is 835. The summed E-state index contributed by atoms with van der Waals surface area (Å²) in [4.78, 5) is 45.6. The molecular formula is C15H11ClN2O6S. The molecule has 0 spiro atoms. The van der Waals surface area contributed by atoms with E-state index in [2.05, 4.69) is 5.32 Å². The Morgan fingerprint density at radius 1 is 1.24 bits per heavy atom. The van der Waals surface area contributed by atoms with Gasteiger partial charge in [0.1, 0.15) is 6.54 Å². The van der Waals surface area contributed by atoms with Crippen molar-refractivity contribution in [1.82, 2.24) is 5.32 Å². The molecule has 0 aliphatic carbocycles. The molecule has 0 unspecified atom stereocenters. The van der Waals surface area contributed by atoms with E-state index >= 15 is 0 Å². The molecule has 0 radical (unpaired) electrons. The van der Waals surface area contributed by atoms with E-state index in [0.717, 1.165) is 17.4 Å². The van der Waals surface area contributed by atoms with Gasteiger partial charge >= 0.3 is 5.97 Å². The Balaban J connectivity index is 1.81. The monoisotopic (exact) mass is 382 g/mol. The van der Waals surface area contributed by atoms with Crippen LogP contribution in [0.5, 0.6) is 0 Å². The smallest absolute Gasteiger partial charge is 0.325 e. The quantitative estimate of drug-likeness (QED) is 0.340. The molecule has 8 nitrogen and oxygen atoms in total. The first-order chi connectivity index (χ1) is 11.9. The molecule has 0 fully saturated rings. The average Bonchev–Trinajstić information content (AvgIpc) is 3.04. The fraction of sp³-hybridized carbons (Fsp3) is 0.133. The second-order valence-corrected chi connectivity index (χ2v) is 6.39. The first-order valence-corrected chi connectivity index (χ1v) is 8.03. The number of amides is 1. The zero-order valence-corrected chi connectivity index (χ0v) is 14.1. The minimum Gasteiger partial charge on any atom is -0.456 e. The standard InChI is InChI=1S/C15H11ClN2O6S/c16-13-5-4-12(25-13)11(19)8-24-14(20)7-17-15(21)9-2-1-3-10(6-9)18(22)23/h1-6H,7-8H2,(H,17,21). The van der Waals surface area contributed by atoms with Gasteiger partial charge in [0.15, 0.2) is 6.61 Å². The molecular weight excluding hydrogens is 372 g/mol. The number of ether oxygens (including phenoxy) is 1. The Hall–Kier alpha value is -2.78. The van der Waals surface area contributed by atoms with Gasteiger partial charge in [0.25, 0.3) is 11.6 Å². The van der Waals surface area contributed by atoms with Gasteiger partial charge in [-0.15, -0.1) is 11.3 Å². The summed E-state index contributed by atoms with van der Waals surface area (Å²) in [6.45, 7) is -0.942. The number of nitrogens with zero attached hydrogens (tertiary/aromatic N) is 1.